The maximum absolute atomic E-state index is 12.7. The number of hydrogen-bond acceptors (Lipinski definition) is 3. The average Bonchev–Trinajstić information content (AvgIpc) is 2.46. The van der Waals surface area contributed by atoms with Crippen LogP contribution in [-0.2, 0) is 0 Å². The van der Waals surface area contributed by atoms with Crippen LogP contribution in [0.4, 0.5) is 0 Å². The minimum Gasteiger partial charge on any atom is -0.337 e. The van der Waals surface area contributed by atoms with Crippen molar-refractivity contribution >= 4 is 32.7 Å². The molecule has 1 fully saturated rings. The summed E-state index contributed by atoms with van der Waals surface area (Å²) in [6.45, 7) is 1.23. The highest BCUT2D eigenvalue weighted by atomic mass is 79.9. The third kappa shape index (κ3) is 2.87. The van der Waals surface area contributed by atoms with Gasteiger partial charge in [0.15, 0.2) is 0 Å². The molecule has 2 heterocycles. The van der Waals surface area contributed by atoms with Crippen molar-refractivity contribution in [3.63, 3.8) is 0 Å². The van der Waals surface area contributed by atoms with Gasteiger partial charge in [0.25, 0.3) is 5.91 Å². The predicted octanol–water partition coefficient (Wildman–Crippen LogP) is 1.85. The number of nitrogens with two attached hydrogens (primary N) is 1. The van der Waals surface area contributed by atoms with E-state index in [1.54, 1.807) is 11.0 Å². The smallest absolute Gasteiger partial charge is 0.254 e. The Labute approximate surface area is 130 Å². The van der Waals surface area contributed by atoms with Gasteiger partial charge in [-0.05, 0) is 31.0 Å². The summed E-state index contributed by atoms with van der Waals surface area (Å²) in [5.41, 5.74) is 6.77. The van der Waals surface area contributed by atoms with E-state index < -0.39 is 0 Å². The molecule has 21 heavy (non-hydrogen) atoms. The number of likely N-dealkylation sites (tertiary alicyclic amines) is 1. The van der Waals surface area contributed by atoms with Crippen LogP contribution in [-0.4, -0.2) is 34.9 Å². The fourth-order valence-corrected chi connectivity index (χ4v) is 3.13. The predicted molar refractivity (Wildman–Crippen MR) is 85.4 cm³/mol. The van der Waals surface area contributed by atoms with Gasteiger partial charge in [0.1, 0.15) is 0 Å². The maximum Gasteiger partial charge on any atom is 0.254 e. The molecule has 5 nitrogen and oxygen atoms in total. The molecule has 0 spiro atoms. The van der Waals surface area contributed by atoms with Gasteiger partial charge in [0.2, 0.25) is 5.56 Å². The lowest BCUT2D eigenvalue weighted by atomic mass is 10.0. The molecule has 1 aliphatic rings. The Balaban J connectivity index is 2.08. The largest absolute Gasteiger partial charge is 0.337 e. The molecule has 1 aromatic carbocycles. The molecule has 110 valence electrons. The lowest BCUT2D eigenvalue weighted by Crippen LogP contribution is -2.45. The number of amides is 1. The molecule has 6 heteroatoms. The normalized spacial score (nSPS) is 19.0. The quantitative estimate of drug-likeness (QED) is 0.824. The third-order valence-electron chi connectivity index (χ3n) is 3.78. The van der Waals surface area contributed by atoms with Crippen molar-refractivity contribution in [2.45, 2.75) is 18.9 Å². The molecule has 0 aliphatic carbocycles. The molecule has 2 aromatic rings. The Kier molecular flexibility index (Phi) is 3.82. The number of nitrogens with one attached hydrogen (secondary N) is 1. The number of nitrogens with zero attached hydrogens (tertiary/aromatic N) is 1. The SMILES string of the molecule is N[C@@H]1CCCN(C(=O)c2cc(=O)[nH]c3ccc(Br)cc23)C1. The highest BCUT2D eigenvalue weighted by Gasteiger charge is 2.24. The van der Waals surface area contributed by atoms with E-state index in [9.17, 15) is 9.59 Å². The number of carbonyl (C=O) groups excluding carboxylic acids is 1. The molecule has 3 rings (SSSR count). The zero-order chi connectivity index (χ0) is 15.0. The van der Waals surface area contributed by atoms with Crippen LogP contribution in [0.15, 0.2) is 33.5 Å². The van der Waals surface area contributed by atoms with Gasteiger partial charge in [0.05, 0.1) is 5.56 Å². The molecule has 0 bridgehead atoms. The van der Waals surface area contributed by atoms with Crippen molar-refractivity contribution in [1.29, 1.82) is 0 Å². The van der Waals surface area contributed by atoms with Crippen molar-refractivity contribution in [2.75, 3.05) is 13.1 Å². The summed E-state index contributed by atoms with van der Waals surface area (Å²) in [4.78, 5) is 29.0. The van der Waals surface area contributed by atoms with E-state index in [0.717, 1.165) is 22.7 Å². The van der Waals surface area contributed by atoms with Crippen molar-refractivity contribution in [3.8, 4) is 0 Å². The molecule has 1 saturated heterocycles. The molecule has 0 saturated carbocycles. The fourth-order valence-electron chi connectivity index (χ4n) is 2.77. The van der Waals surface area contributed by atoms with Gasteiger partial charge in [-0.15, -0.1) is 0 Å². The Bertz CT molecular complexity index is 756. The van der Waals surface area contributed by atoms with Crippen LogP contribution in [0, 0.1) is 0 Å². The molecule has 1 amide bonds. The Morgan fingerprint density at radius 3 is 2.95 bits per heavy atom. The van der Waals surface area contributed by atoms with Crippen LogP contribution >= 0.6 is 15.9 Å². The second-order valence-electron chi connectivity index (χ2n) is 5.39. The van der Waals surface area contributed by atoms with E-state index in [4.69, 9.17) is 5.73 Å². The van der Waals surface area contributed by atoms with E-state index in [2.05, 4.69) is 20.9 Å². The molecule has 1 aromatic heterocycles. The van der Waals surface area contributed by atoms with E-state index in [1.807, 2.05) is 12.1 Å². The Morgan fingerprint density at radius 1 is 1.38 bits per heavy atom. The van der Waals surface area contributed by atoms with Gasteiger partial charge in [-0.1, -0.05) is 15.9 Å². The summed E-state index contributed by atoms with van der Waals surface area (Å²) in [6.07, 6.45) is 1.84. The first-order valence-electron chi connectivity index (χ1n) is 6.92. The molecule has 0 radical (unpaired) electrons. The lowest BCUT2D eigenvalue weighted by Gasteiger charge is -2.31. The first-order valence-corrected chi connectivity index (χ1v) is 7.71. The van der Waals surface area contributed by atoms with E-state index in [0.29, 0.717) is 24.2 Å². The molecule has 0 unspecified atom stereocenters. The number of aromatic nitrogens is 1. The minimum atomic E-state index is -0.269. The first kappa shape index (κ1) is 14.3. The van der Waals surface area contributed by atoms with Crippen molar-refractivity contribution in [2.24, 2.45) is 5.73 Å². The minimum absolute atomic E-state index is 0.0164. The van der Waals surface area contributed by atoms with Crippen LogP contribution in [0.25, 0.3) is 10.9 Å². The number of H-pyrrole nitrogens is 1. The van der Waals surface area contributed by atoms with Crippen LogP contribution < -0.4 is 11.3 Å². The lowest BCUT2D eigenvalue weighted by molar-refractivity contribution is 0.0710. The van der Waals surface area contributed by atoms with E-state index in [1.165, 1.54) is 6.07 Å². The van der Waals surface area contributed by atoms with Crippen LogP contribution in [0.3, 0.4) is 0 Å². The van der Waals surface area contributed by atoms with E-state index in [-0.39, 0.29) is 17.5 Å². The van der Waals surface area contributed by atoms with Crippen molar-refractivity contribution < 1.29 is 4.79 Å². The second kappa shape index (κ2) is 5.61. The topological polar surface area (TPSA) is 79.2 Å². The highest BCUT2D eigenvalue weighted by molar-refractivity contribution is 9.10. The third-order valence-corrected chi connectivity index (χ3v) is 4.27. The number of piperidine rings is 1. The number of pyridine rings is 1. The molecule has 1 aliphatic heterocycles. The molecule has 3 N–H and O–H groups in total. The summed E-state index contributed by atoms with van der Waals surface area (Å²) in [5, 5.41) is 0.744. The van der Waals surface area contributed by atoms with Crippen LogP contribution in [0.1, 0.15) is 23.2 Å². The van der Waals surface area contributed by atoms with Crippen LogP contribution in [0.5, 0.6) is 0 Å². The van der Waals surface area contributed by atoms with Crippen molar-refractivity contribution in [3.05, 3.63) is 44.7 Å². The van der Waals surface area contributed by atoms with Gasteiger partial charge in [0, 0.05) is 40.6 Å². The molecular weight excluding hydrogens is 334 g/mol. The number of benzene rings is 1. The molecule has 1 atom stereocenters. The summed E-state index contributed by atoms with van der Waals surface area (Å²) in [7, 11) is 0. The monoisotopic (exact) mass is 349 g/mol. The number of hydrogen-bond donors (Lipinski definition) is 2. The Morgan fingerprint density at radius 2 is 2.19 bits per heavy atom. The average molecular weight is 350 g/mol. The zero-order valence-electron chi connectivity index (χ0n) is 11.4. The molecular formula is C15H16BrN3O2. The Hall–Kier alpha value is -1.66. The van der Waals surface area contributed by atoms with Crippen molar-refractivity contribution in [1.82, 2.24) is 9.88 Å². The first-order chi connectivity index (χ1) is 10.0. The summed E-state index contributed by atoms with van der Waals surface area (Å²) in [6, 6.07) is 6.87. The van der Waals surface area contributed by atoms with Gasteiger partial charge >= 0.3 is 0 Å². The number of aromatic amines is 1. The summed E-state index contributed by atoms with van der Waals surface area (Å²) in [5.74, 6) is -0.126. The number of rotatable bonds is 1. The van der Waals surface area contributed by atoms with Gasteiger partial charge < -0.3 is 15.6 Å². The zero-order valence-corrected chi connectivity index (χ0v) is 13.0. The number of carbonyl (C=O) groups is 1. The van der Waals surface area contributed by atoms with Crippen LogP contribution in [0.2, 0.25) is 0 Å². The highest BCUT2D eigenvalue weighted by Crippen LogP contribution is 2.22. The number of halogens is 1. The number of fused-ring (bicyclic) bond motifs is 1. The second-order valence-corrected chi connectivity index (χ2v) is 6.31. The maximum atomic E-state index is 12.7. The van der Waals surface area contributed by atoms with E-state index >= 15 is 0 Å². The summed E-state index contributed by atoms with van der Waals surface area (Å²) < 4.78 is 0.867. The summed E-state index contributed by atoms with van der Waals surface area (Å²) >= 11 is 3.40. The van der Waals surface area contributed by atoms with Gasteiger partial charge in [-0.2, -0.15) is 0 Å². The van der Waals surface area contributed by atoms with Gasteiger partial charge in [-0.25, -0.2) is 0 Å². The fraction of sp³-hybridized carbons (Fsp3) is 0.333. The van der Waals surface area contributed by atoms with Gasteiger partial charge in [-0.3, -0.25) is 9.59 Å². The standard InChI is InChI=1S/C15H16BrN3O2/c16-9-3-4-13-11(6-9)12(7-14(20)18-13)15(21)19-5-1-2-10(17)8-19/h3-4,6-7,10H,1-2,5,8,17H2,(H,18,20)/t10-/m1/s1.